The molecule has 0 radical (unpaired) electrons. The van der Waals surface area contributed by atoms with Gasteiger partial charge in [0.25, 0.3) is 5.97 Å². The summed E-state index contributed by atoms with van der Waals surface area (Å²) in [5, 5.41) is 32.4. The summed E-state index contributed by atoms with van der Waals surface area (Å²) >= 11 is 0. The molecule has 0 aromatic heterocycles. The quantitative estimate of drug-likeness (QED) is 0.617. The van der Waals surface area contributed by atoms with Crippen molar-refractivity contribution in [3.8, 4) is 0 Å². The molecule has 0 heterocycles. The van der Waals surface area contributed by atoms with E-state index in [0.29, 0.717) is 0 Å². The van der Waals surface area contributed by atoms with Gasteiger partial charge in [-0.3, -0.25) is 4.79 Å². The van der Waals surface area contributed by atoms with Crippen molar-refractivity contribution in [1.29, 1.82) is 0 Å². The van der Waals surface area contributed by atoms with Gasteiger partial charge in [-0.15, -0.1) is 0 Å². The van der Waals surface area contributed by atoms with Gasteiger partial charge in [0.15, 0.2) is 0 Å². The second kappa shape index (κ2) is 10.6. The number of carboxylic acids is 4. The monoisotopic (exact) mass is 312 g/mol. The maximum Gasteiger partial charge on any atom is 0.336 e. The van der Waals surface area contributed by atoms with Crippen LogP contribution in [0.5, 0.6) is 0 Å². The van der Waals surface area contributed by atoms with Crippen LogP contribution >= 0.6 is 0 Å². The van der Waals surface area contributed by atoms with Gasteiger partial charge in [-0.2, -0.15) is 0 Å². The molecule has 8 nitrogen and oxygen atoms in total. The summed E-state index contributed by atoms with van der Waals surface area (Å²) in [6.45, 7) is 5.69. The lowest BCUT2D eigenvalue weighted by atomic mass is 10.1. The minimum atomic E-state index is -1.23. The summed E-state index contributed by atoms with van der Waals surface area (Å²) in [7, 11) is 0. The van der Waals surface area contributed by atoms with Gasteiger partial charge >= 0.3 is 17.9 Å². The van der Waals surface area contributed by atoms with E-state index in [9.17, 15) is 14.4 Å². The average Bonchev–Trinajstić information content (AvgIpc) is 2.38. The Hall–Kier alpha value is -3.16. The highest BCUT2D eigenvalue weighted by atomic mass is 16.4. The first-order valence-electron chi connectivity index (χ1n) is 5.64. The van der Waals surface area contributed by atoms with Crippen molar-refractivity contribution in [2.75, 3.05) is 0 Å². The van der Waals surface area contributed by atoms with Crippen LogP contribution in [0.1, 0.15) is 34.6 Å². The second-order valence-corrected chi connectivity index (χ2v) is 3.76. The number of aliphatic carboxylic acids is 2. The molecule has 1 aromatic rings. The smallest absolute Gasteiger partial charge is 0.336 e. The molecule has 1 rings (SSSR count). The lowest BCUT2D eigenvalue weighted by Gasteiger charge is -1.98. The van der Waals surface area contributed by atoms with Gasteiger partial charge in [0.2, 0.25) is 0 Å². The summed E-state index contributed by atoms with van der Waals surface area (Å²) in [6.07, 6.45) is 0. The number of hydrogen-bond donors (Lipinski definition) is 4. The third kappa shape index (κ3) is 10.7. The van der Waals surface area contributed by atoms with Crippen LogP contribution in [0.4, 0.5) is 0 Å². The molecule has 0 aliphatic heterocycles. The van der Waals surface area contributed by atoms with E-state index in [0.717, 1.165) is 6.92 Å². The molecule has 0 aliphatic rings. The van der Waals surface area contributed by atoms with Crippen molar-refractivity contribution < 1.29 is 39.6 Å². The van der Waals surface area contributed by atoms with Crippen molar-refractivity contribution >= 4 is 23.9 Å². The first-order chi connectivity index (χ1) is 10.0. The Kier molecular flexibility index (Phi) is 10.2. The van der Waals surface area contributed by atoms with Crippen molar-refractivity contribution in [2.24, 2.45) is 0 Å². The van der Waals surface area contributed by atoms with E-state index in [-0.39, 0.29) is 16.7 Å². The summed E-state index contributed by atoms with van der Waals surface area (Å²) in [6, 6.07) is 5.48. The molecule has 0 saturated carbocycles. The standard InChI is InChI=1S/C8H6O4.C4H6O2.C2H4O2/c9-7(10)5-3-1-2-4-6(5)8(11)12;1-3(2)4(5)6;1-2(3)4/h1-4H,(H,9,10)(H,11,12);1H2,2H3,(H,5,6);1H3,(H,3,4). The van der Waals surface area contributed by atoms with Gasteiger partial charge in [-0.05, 0) is 19.1 Å². The van der Waals surface area contributed by atoms with Crippen molar-refractivity contribution in [3.05, 3.63) is 47.5 Å². The molecule has 0 fully saturated rings. The summed E-state index contributed by atoms with van der Waals surface area (Å²) in [5.74, 6) is -4.23. The van der Waals surface area contributed by atoms with Crippen LogP contribution in [0, 0.1) is 0 Å². The number of benzene rings is 1. The van der Waals surface area contributed by atoms with E-state index >= 15 is 0 Å². The number of aromatic carboxylic acids is 2. The Morgan fingerprint density at radius 2 is 1.05 bits per heavy atom. The van der Waals surface area contributed by atoms with Gasteiger partial charge in [0, 0.05) is 12.5 Å². The lowest BCUT2D eigenvalue weighted by molar-refractivity contribution is -0.134. The number of carbonyl (C=O) groups is 4. The molecule has 120 valence electrons. The maximum atomic E-state index is 10.5. The zero-order chi connectivity index (χ0) is 17.9. The predicted octanol–water partition coefficient (Wildman–Crippen LogP) is 1.82. The molecule has 0 saturated heterocycles. The minimum Gasteiger partial charge on any atom is -0.481 e. The zero-order valence-electron chi connectivity index (χ0n) is 11.9. The van der Waals surface area contributed by atoms with Gasteiger partial charge in [0.05, 0.1) is 11.1 Å². The fourth-order valence-corrected chi connectivity index (χ4v) is 0.856. The van der Waals surface area contributed by atoms with Gasteiger partial charge in [-0.25, -0.2) is 14.4 Å². The minimum absolute atomic E-state index is 0.176. The van der Waals surface area contributed by atoms with Crippen molar-refractivity contribution in [2.45, 2.75) is 13.8 Å². The number of hydrogen-bond acceptors (Lipinski definition) is 4. The first-order valence-corrected chi connectivity index (χ1v) is 5.64. The molecular formula is C14H16O8. The third-order valence-electron chi connectivity index (χ3n) is 1.75. The topological polar surface area (TPSA) is 149 Å². The Morgan fingerprint density at radius 1 is 0.818 bits per heavy atom. The molecule has 0 aliphatic carbocycles. The normalized spacial score (nSPS) is 8.27. The van der Waals surface area contributed by atoms with Crippen LogP contribution in [0.3, 0.4) is 0 Å². The Bertz CT molecular complexity index is 525. The van der Waals surface area contributed by atoms with E-state index in [1.54, 1.807) is 0 Å². The van der Waals surface area contributed by atoms with Crippen LogP contribution < -0.4 is 0 Å². The van der Waals surface area contributed by atoms with Gasteiger partial charge in [0.1, 0.15) is 0 Å². The maximum absolute atomic E-state index is 10.5. The third-order valence-corrected chi connectivity index (χ3v) is 1.75. The van der Waals surface area contributed by atoms with Crippen molar-refractivity contribution in [3.63, 3.8) is 0 Å². The molecule has 0 atom stereocenters. The number of rotatable bonds is 3. The van der Waals surface area contributed by atoms with Gasteiger partial charge < -0.3 is 20.4 Å². The van der Waals surface area contributed by atoms with Gasteiger partial charge in [-0.1, -0.05) is 18.7 Å². The highest BCUT2D eigenvalue weighted by Crippen LogP contribution is 2.07. The summed E-state index contributed by atoms with van der Waals surface area (Å²) in [4.78, 5) is 39.5. The van der Waals surface area contributed by atoms with Crippen molar-refractivity contribution in [1.82, 2.24) is 0 Å². The summed E-state index contributed by atoms with van der Waals surface area (Å²) < 4.78 is 0. The predicted molar refractivity (Wildman–Crippen MR) is 76.1 cm³/mol. The Morgan fingerprint density at radius 3 is 1.18 bits per heavy atom. The fourth-order valence-electron chi connectivity index (χ4n) is 0.856. The largest absolute Gasteiger partial charge is 0.481 e. The van der Waals surface area contributed by atoms with E-state index in [1.807, 2.05) is 0 Å². The molecule has 8 heteroatoms. The fraction of sp³-hybridized carbons (Fsp3) is 0.143. The average molecular weight is 312 g/mol. The lowest BCUT2D eigenvalue weighted by Crippen LogP contribution is -2.06. The second-order valence-electron chi connectivity index (χ2n) is 3.76. The van der Waals surface area contributed by atoms with E-state index in [4.69, 9.17) is 25.2 Å². The molecule has 22 heavy (non-hydrogen) atoms. The van der Waals surface area contributed by atoms with Crippen LogP contribution in [-0.4, -0.2) is 44.3 Å². The van der Waals surface area contributed by atoms with E-state index in [1.165, 1.54) is 31.2 Å². The molecule has 0 amide bonds. The Balaban J connectivity index is 0. The molecule has 1 aromatic carbocycles. The van der Waals surface area contributed by atoms with E-state index in [2.05, 4.69) is 6.58 Å². The molecule has 4 N–H and O–H groups in total. The molecule has 0 spiro atoms. The first kappa shape index (κ1) is 21.1. The highest BCUT2D eigenvalue weighted by molar-refractivity contribution is 6.01. The number of carboxylic acid groups (broad SMARTS) is 4. The summed E-state index contributed by atoms with van der Waals surface area (Å²) in [5.41, 5.74) is -0.204. The van der Waals surface area contributed by atoms with E-state index < -0.39 is 23.9 Å². The van der Waals surface area contributed by atoms with Crippen LogP contribution in [-0.2, 0) is 9.59 Å². The van der Waals surface area contributed by atoms with Crippen LogP contribution in [0.15, 0.2) is 36.4 Å². The molecular weight excluding hydrogens is 296 g/mol. The molecule has 0 unspecified atom stereocenters. The zero-order valence-corrected chi connectivity index (χ0v) is 11.9. The van der Waals surface area contributed by atoms with Crippen LogP contribution in [0.2, 0.25) is 0 Å². The Labute approximate surface area is 125 Å². The highest BCUT2D eigenvalue weighted by Gasteiger charge is 2.13. The van der Waals surface area contributed by atoms with Crippen LogP contribution in [0.25, 0.3) is 0 Å². The SMILES string of the molecule is C=C(C)C(=O)O.CC(=O)O.O=C(O)c1ccccc1C(=O)O. The molecule has 0 bridgehead atoms.